The largest absolute Gasteiger partial charge is 0.370 e. The second-order valence-electron chi connectivity index (χ2n) is 5.72. The Kier molecular flexibility index (Phi) is 6.91. The van der Waals surface area contributed by atoms with Gasteiger partial charge in [0.25, 0.3) is 0 Å². The van der Waals surface area contributed by atoms with Crippen molar-refractivity contribution in [3.63, 3.8) is 0 Å². The van der Waals surface area contributed by atoms with Crippen LogP contribution < -0.4 is 10.6 Å². The van der Waals surface area contributed by atoms with Gasteiger partial charge >= 0.3 is 5.69 Å². The third kappa shape index (κ3) is 5.97. The van der Waals surface area contributed by atoms with Crippen molar-refractivity contribution in [1.29, 1.82) is 0 Å². The Balaban J connectivity index is 2.74. The fourth-order valence-corrected chi connectivity index (χ4v) is 2.12. The first-order valence-corrected chi connectivity index (χ1v) is 7.59. The Labute approximate surface area is 126 Å². The highest BCUT2D eigenvalue weighted by molar-refractivity contribution is 5.60. The van der Waals surface area contributed by atoms with Gasteiger partial charge in [0.15, 0.2) is 0 Å². The lowest BCUT2D eigenvalue weighted by Crippen LogP contribution is -2.17. The molecule has 1 aromatic rings. The first-order chi connectivity index (χ1) is 9.93. The fourth-order valence-electron chi connectivity index (χ4n) is 2.12. The maximum absolute atomic E-state index is 11.1. The van der Waals surface area contributed by atoms with Crippen molar-refractivity contribution >= 4 is 17.3 Å². The molecule has 6 nitrogen and oxygen atoms in total. The minimum absolute atomic E-state index is 0.0207. The molecule has 0 spiro atoms. The zero-order valence-corrected chi connectivity index (χ0v) is 13.3. The number of aromatic nitrogens is 1. The van der Waals surface area contributed by atoms with Gasteiger partial charge in [0.1, 0.15) is 5.82 Å². The van der Waals surface area contributed by atoms with Crippen LogP contribution in [-0.2, 0) is 0 Å². The van der Waals surface area contributed by atoms with E-state index in [2.05, 4.69) is 29.5 Å². The van der Waals surface area contributed by atoms with Crippen LogP contribution in [0.4, 0.5) is 17.3 Å². The van der Waals surface area contributed by atoms with Gasteiger partial charge in [-0.25, -0.2) is 4.98 Å². The quantitative estimate of drug-likeness (QED) is 0.530. The summed E-state index contributed by atoms with van der Waals surface area (Å²) in [5.74, 6) is 1.68. The molecule has 1 aromatic heterocycles. The number of nitrogens with zero attached hydrogens (tertiary/aromatic N) is 2. The summed E-state index contributed by atoms with van der Waals surface area (Å²) in [4.78, 5) is 15.0. The molecule has 0 fully saturated rings. The molecule has 1 atom stereocenters. The van der Waals surface area contributed by atoms with Gasteiger partial charge in [0, 0.05) is 18.7 Å². The molecule has 118 valence electrons. The average Bonchev–Trinajstić information content (AvgIpc) is 2.38. The molecular weight excluding hydrogens is 268 g/mol. The van der Waals surface area contributed by atoms with Crippen LogP contribution in [0.3, 0.4) is 0 Å². The summed E-state index contributed by atoms with van der Waals surface area (Å²) in [6, 6.07) is 3.29. The Hall–Kier alpha value is -1.85. The number of hydrogen-bond acceptors (Lipinski definition) is 5. The highest BCUT2D eigenvalue weighted by Gasteiger charge is 2.17. The Morgan fingerprint density at radius 2 is 2.00 bits per heavy atom. The van der Waals surface area contributed by atoms with Gasteiger partial charge in [0.2, 0.25) is 5.82 Å². The summed E-state index contributed by atoms with van der Waals surface area (Å²) >= 11 is 0. The van der Waals surface area contributed by atoms with Crippen LogP contribution in [0.15, 0.2) is 12.1 Å². The van der Waals surface area contributed by atoms with Crippen molar-refractivity contribution in [3.8, 4) is 0 Å². The van der Waals surface area contributed by atoms with Crippen LogP contribution in [0.5, 0.6) is 0 Å². The lowest BCUT2D eigenvalue weighted by atomic mass is 10.0. The molecule has 0 aliphatic carbocycles. The summed E-state index contributed by atoms with van der Waals surface area (Å²) in [5, 5.41) is 17.3. The summed E-state index contributed by atoms with van der Waals surface area (Å²) < 4.78 is 0. The highest BCUT2D eigenvalue weighted by Crippen LogP contribution is 2.25. The van der Waals surface area contributed by atoms with E-state index in [1.165, 1.54) is 12.5 Å². The van der Waals surface area contributed by atoms with E-state index in [-0.39, 0.29) is 11.7 Å². The lowest BCUT2D eigenvalue weighted by Gasteiger charge is -2.16. The highest BCUT2D eigenvalue weighted by atomic mass is 16.6. The molecule has 0 bridgehead atoms. The zero-order valence-electron chi connectivity index (χ0n) is 13.3. The SMILES string of the molecule is CCNc1ccc([N+](=O)[O-])c(NC(C)CCCC(C)C)n1. The number of anilines is 2. The number of nitro groups is 1. The number of pyridine rings is 1. The van der Waals surface area contributed by atoms with E-state index in [0.717, 1.165) is 19.4 Å². The molecule has 2 N–H and O–H groups in total. The molecule has 0 radical (unpaired) electrons. The van der Waals surface area contributed by atoms with Gasteiger partial charge in [-0.1, -0.05) is 26.7 Å². The molecule has 6 heteroatoms. The normalized spacial score (nSPS) is 12.2. The van der Waals surface area contributed by atoms with E-state index >= 15 is 0 Å². The smallest absolute Gasteiger partial charge is 0.311 e. The van der Waals surface area contributed by atoms with E-state index in [4.69, 9.17) is 0 Å². The molecule has 0 aliphatic heterocycles. The van der Waals surface area contributed by atoms with E-state index < -0.39 is 4.92 Å². The monoisotopic (exact) mass is 294 g/mol. The topological polar surface area (TPSA) is 80.1 Å². The van der Waals surface area contributed by atoms with E-state index in [1.54, 1.807) is 6.07 Å². The predicted molar refractivity (Wildman–Crippen MR) is 86.8 cm³/mol. The van der Waals surface area contributed by atoms with E-state index in [9.17, 15) is 10.1 Å². The van der Waals surface area contributed by atoms with Crippen LogP contribution in [0.25, 0.3) is 0 Å². The van der Waals surface area contributed by atoms with Crippen molar-refractivity contribution in [2.24, 2.45) is 5.92 Å². The van der Waals surface area contributed by atoms with Crippen molar-refractivity contribution in [1.82, 2.24) is 4.98 Å². The van der Waals surface area contributed by atoms with E-state index in [1.807, 2.05) is 13.8 Å². The minimum atomic E-state index is -0.397. The molecule has 1 unspecified atom stereocenters. The molecule has 1 heterocycles. The van der Waals surface area contributed by atoms with Crippen LogP contribution in [0.1, 0.15) is 47.0 Å². The van der Waals surface area contributed by atoms with Crippen molar-refractivity contribution in [2.45, 2.75) is 53.0 Å². The maximum Gasteiger partial charge on any atom is 0.311 e. The lowest BCUT2D eigenvalue weighted by molar-refractivity contribution is -0.384. The second kappa shape index (κ2) is 8.44. The summed E-state index contributed by atoms with van der Waals surface area (Å²) in [6.45, 7) is 9.12. The number of rotatable bonds is 9. The number of hydrogen-bond donors (Lipinski definition) is 2. The molecule has 0 aliphatic rings. The van der Waals surface area contributed by atoms with Crippen molar-refractivity contribution < 1.29 is 4.92 Å². The summed E-state index contributed by atoms with van der Waals surface area (Å²) in [7, 11) is 0. The first-order valence-electron chi connectivity index (χ1n) is 7.59. The summed E-state index contributed by atoms with van der Waals surface area (Å²) in [5.41, 5.74) is 0.0207. The Bertz CT molecular complexity index is 463. The summed E-state index contributed by atoms with van der Waals surface area (Å²) in [6.07, 6.45) is 3.24. The van der Waals surface area contributed by atoms with E-state index in [0.29, 0.717) is 17.6 Å². The third-order valence-corrected chi connectivity index (χ3v) is 3.23. The molecule has 0 saturated carbocycles. The molecule has 1 rings (SSSR count). The Morgan fingerprint density at radius 1 is 1.29 bits per heavy atom. The zero-order chi connectivity index (χ0) is 15.8. The molecule has 0 aromatic carbocycles. The molecule has 0 saturated heterocycles. The van der Waals surface area contributed by atoms with Crippen LogP contribution in [-0.4, -0.2) is 22.5 Å². The molecular formula is C15H26N4O2. The van der Waals surface area contributed by atoms with Gasteiger partial charge in [-0.05, 0) is 32.3 Å². The first kappa shape index (κ1) is 17.2. The van der Waals surface area contributed by atoms with Crippen LogP contribution in [0, 0.1) is 16.0 Å². The fraction of sp³-hybridized carbons (Fsp3) is 0.667. The number of nitrogens with one attached hydrogen (secondary N) is 2. The molecule has 0 amide bonds. The maximum atomic E-state index is 11.1. The minimum Gasteiger partial charge on any atom is -0.370 e. The molecule has 21 heavy (non-hydrogen) atoms. The third-order valence-electron chi connectivity index (χ3n) is 3.23. The second-order valence-corrected chi connectivity index (χ2v) is 5.72. The van der Waals surface area contributed by atoms with Crippen LogP contribution >= 0.6 is 0 Å². The predicted octanol–water partition coefficient (Wildman–Crippen LogP) is 4.05. The van der Waals surface area contributed by atoms with Crippen molar-refractivity contribution in [2.75, 3.05) is 17.2 Å². The van der Waals surface area contributed by atoms with Gasteiger partial charge in [-0.15, -0.1) is 0 Å². The van der Waals surface area contributed by atoms with Gasteiger partial charge in [-0.3, -0.25) is 10.1 Å². The van der Waals surface area contributed by atoms with Crippen molar-refractivity contribution in [3.05, 3.63) is 22.2 Å². The Morgan fingerprint density at radius 3 is 2.57 bits per heavy atom. The van der Waals surface area contributed by atoms with Crippen LogP contribution in [0.2, 0.25) is 0 Å². The average molecular weight is 294 g/mol. The van der Waals surface area contributed by atoms with Gasteiger partial charge < -0.3 is 10.6 Å². The standard InChI is InChI=1S/C15H26N4O2/c1-5-16-14-10-9-13(19(20)21)15(18-14)17-12(4)8-6-7-11(2)3/h9-12H,5-8H2,1-4H3,(H2,16,17,18). The van der Waals surface area contributed by atoms with Gasteiger partial charge in [-0.2, -0.15) is 0 Å². The van der Waals surface area contributed by atoms with Gasteiger partial charge in [0.05, 0.1) is 4.92 Å².